The van der Waals surface area contributed by atoms with E-state index in [9.17, 15) is 9.18 Å². The predicted octanol–water partition coefficient (Wildman–Crippen LogP) is 4.11. The van der Waals surface area contributed by atoms with E-state index >= 15 is 0 Å². The van der Waals surface area contributed by atoms with E-state index in [1.807, 2.05) is 24.3 Å². The Morgan fingerprint density at radius 2 is 1.83 bits per heavy atom. The van der Waals surface area contributed by atoms with Crippen LogP contribution < -0.4 is 5.32 Å². The molecule has 4 nitrogen and oxygen atoms in total. The Hall–Kier alpha value is -2.66. The number of hydrogen-bond acceptors (Lipinski definition) is 3. The standard InChI is InChI=1S/C18H14ClFN2O2/c19-14-5-1-12(2-6-14)9-10-21-17(23)18-22-11-16(24-18)13-3-7-15(20)8-4-13/h1-8,11H,9-10H2,(H,21,23). The minimum absolute atomic E-state index is 0.0227. The first-order valence-corrected chi connectivity index (χ1v) is 7.74. The van der Waals surface area contributed by atoms with Gasteiger partial charge in [-0.25, -0.2) is 9.37 Å². The number of rotatable bonds is 5. The molecule has 3 rings (SSSR count). The maximum Gasteiger partial charge on any atom is 0.307 e. The zero-order chi connectivity index (χ0) is 16.9. The molecule has 0 saturated heterocycles. The smallest absolute Gasteiger partial charge is 0.307 e. The van der Waals surface area contributed by atoms with Gasteiger partial charge in [0, 0.05) is 17.1 Å². The summed E-state index contributed by atoms with van der Waals surface area (Å²) in [5.74, 6) is -0.334. The van der Waals surface area contributed by atoms with Crippen LogP contribution in [0.1, 0.15) is 16.2 Å². The van der Waals surface area contributed by atoms with Crippen LogP contribution in [0.2, 0.25) is 5.02 Å². The molecular formula is C18H14ClFN2O2. The average molecular weight is 345 g/mol. The quantitative estimate of drug-likeness (QED) is 0.758. The third-order valence-electron chi connectivity index (χ3n) is 3.44. The first-order chi connectivity index (χ1) is 11.6. The molecule has 1 heterocycles. The molecule has 0 saturated carbocycles. The van der Waals surface area contributed by atoms with Gasteiger partial charge in [-0.1, -0.05) is 23.7 Å². The number of carbonyl (C=O) groups excluding carboxylic acids is 1. The summed E-state index contributed by atoms with van der Waals surface area (Å²) in [6, 6.07) is 13.2. The summed E-state index contributed by atoms with van der Waals surface area (Å²) in [5.41, 5.74) is 1.73. The molecule has 2 aromatic carbocycles. The second-order valence-electron chi connectivity index (χ2n) is 5.17. The van der Waals surface area contributed by atoms with Crippen molar-refractivity contribution in [2.75, 3.05) is 6.54 Å². The molecule has 0 spiro atoms. The second-order valence-corrected chi connectivity index (χ2v) is 5.61. The fraction of sp³-hybridized carbons (Fsp3) is 0.111. The SMILES string of the molecule is O=C(NCCc1ccc(Cl)cc1)c1ncc(-c2ccc(F)cc2)o1. The van der Waals surface area contributed by atoms with Crippen LogP contribution in [0.4, 0.5) is 4.39 Å². The van der Waals surface area contributed by atoms with Crippen molar-refractivity contribution in [1.29, 1.82) is 0 Å². The number of oxazole rings is 1. The van der Waals surface area contributed by atoms with Crippen LogP contribution in [0.15, 0.2) is 59.1 Å². The monoisotopic (exact) mass is 344 g/mol. The van der Waals surface area contributed by atoms with Gasteiger partial charge in [-0.2, -0.15) is 0 Å². The highest BCUT2D eigenvalue weighted by molar-refractivity contribution is 6.30. The lowest BCUT2D eigenvalue weighted by Gasteiger charge is -2.03. The zero-order valence-corrected chi connectivity index (χ0v) is 13.4. The van der Waals surface area contributed by atoms with Gasteiger partial charge in [-0.15, -0.1) is 0 Å². The second kappa shape index (κ2) is 7.27. The first kappa shape index (κ1) is 16.2. The number of amides is 1. The van der Waals surface area contributed by atoms with Crippen molar-refractivity contribution in [3.63, 3.8) is 0 Å². The van der Waals surface area contributed by atoms with Gasteiger partial charge in [0.1, 0.15) is 5.82 Å². The summed E-state index contributed by atoms with van der Waals surface area (Å²) in [7, 11) is 0. The average Bonchev–Trinajstić information content (AvgIpc) is 3.07. The molecule has 1 amide bonds. The molecule has 0 aliphatic rings. The van der Waals surface area contributed by atoms with Gasteiger partial charge in [0.15, 0.2) is 5.76 Å². The summed E-state index contributed by atoms with van der Waals surface area (Å²) >= 11 is 5.83. The van der Waals surface area contributed by atoms with Crippen LogP contribution in [0, 0.1) is 5.82 Å². The number of carbonyl (C=O) groups is 1. The van der Waals surface area contributed by atoms with Crippen molar-refractivity contribution in [3.8, 4) is 11.3 Å². The fourth-order valence-electron chi connectivity index (χ4n) is 2.17. The Morgan fingerprint density at radius 3 is 2.54 bits per heavy atom. The van der Waals surface area contributed by atoms with Gasteiger partial charge in [0.2, 0.25) is 0 Å². The molecule has 0 bridgehead atoms. The maximum atomic E-state index is 12.9. The Morgan fingerprint density at radius 1 is 1.12 bits per heavy atom. The highest BCUT2D eigenvalue weighted by Crippen LogP contribution is 2.20. The minimum Gasteiger partial charge on any atom is -0.432 e. The first-order valence-electron chi connectivity index (χ1n) is 7.36. The van der Waals surface area contributed by atoms with Crippen molar-refractivity contribution in [2.45, 2.75) is 6.42 Å². The fourth-order valence-corrected chi connectivity index (χ4v) is 2.30. The number of nitrogens with one attached hydrogen (secondary N) is 1. The van der Waals surface area contributed by atoms with Crippen LogP contribution >= 0.6 is 11.6 Å². The lowest BCUT2D eigenvalue weighted by Crippen LogP contribution is -2.25. The summed E-state index contributed by atoms with van der Waals surface area (Å²) in [6.45, 7) is 0.453. The molecular weight excluding hydrogens is 331 g/mol. The van der Waals surface area contributed by atoms with E-state index in [1.54, 1.807) is 12.1 Å². The van der Waals surface area contributed by atoms with Crippen LogP contribution in [-0.4, -0.2) is 17.4 Å². The third kappa shape index (κ3) is 4.00. The van der Waals surface area contributed by atoms with Gasteiger partial charge >= 0.3 is 5.91 Å². The van der Waals surface area contributed by atoms with E-state index in [4.69, 9.17) is 16.0 Å². The van der Waals surface area contributed by atoms with Crippen molar-refractivity contribution >= 4 is 17.5 Å². The molecule has 1 N–H and O–H groups in total. The van der Waals surface area contributed by atoms with Crippen molar-refractivity contribution < 1.29 is 13.6 Å². The van der Waals surface area contributed by atoms with E-state index in [0.717, 1.165) is 5.56 Å². The zero-order valence-electron chi connectivity index (χ0n) is 12.6. The lowest BCUT2D eigenvalue weighted by molar-refractivity contribution is 0.0920. The van der Waals surface area contributed by atoms with Crippen molar-refractivity contribution in [2.24, 2.45) is 0 Å². The topological polar surface area (TPSA) is 55.1 Å². The van der Waals surface area contributed by atoms with E-state index in [1.165, 1.54) is 18.3 Å². The number of benzene rings is 2. The van der Waals surface area contributed by atoms with Crippen molar-refractivity contribution in [3.05, 3.63) is 77.0 Å². The van der Waals surface area contributed by atoms with Gasteiger partial charge < -0.3 is 9.73 Å². The predicted molar refractivity (Wildman–Crippen MR) is 89.4 cm³/mol. The summed E-state index contributed by atoms with van der Waals surface area (Å²) in [4.78, 5) is 16.0. The summed E-state index contributed by atoms with van der Waals surface area (Å²) in [5, 5.41) is 3.42. The van der Waals surface area contributed by atoms with Crippen molar-refractivity contribution in [1.82, 2.24) is 10.3 Å². The molecule has 0 aliphatic carbocycles. The highest BCUT2D eigenvalue weighted by Gasteiger charge is 2.13. The van der Waals surface area contributed by atoms with Gasteiger partial charge in [-0.05, 0) is 48.4 Å². The molecule has 0 aliphatic heterocycles. The Balaban J connectivity index is 1.57. The number of aromatic nitrogens is 1. The van der Waals surface area contributed by atoms with E-state index in [0.29, 0.717) is 29.3 Å². The lowest BCUT2D eigenvalue weighted by atomic mass is 10.1. The van der Waals surface area contributed by atoms with Crippen LogP contribution in [0.3, 0.4) is 0 Å². The minimum atomic E-state index is -0.391. The van der Waals surface area contributed by atoms with Crippen LogP contribution in [-0.2, 0) is 6.42 Å². The van der Waals surface area contributed by atoms with Gasteiger partial charge in [-0.3, -0.25) is 4.79 Å². The molecule has 0 fully saturated rings. The number of hydrogen-bond donors (Lipinski definition) is 1. The molecule has 0 radical (unpaired) electrons. The normalized spacial score (nSPS) is 10.6. The highest BCUT2D eigenvalue weighted by atomic mass is 35.5. The molecule has 3 aromatic rings. The van der Waals surface area contributed by atoms with Gasteiger partial charge in [0.25, 0.3) is 5.89 Å². The summed E-state index contributed by atoms with van der Waals surface area (Å²) in [6.07, 6.45) is 2.12. The molecule has 24 heavy (non-hydrogen) atoms. The van der Waals surface area contributed by atoms with Crippen LogP contribution in [0.25, 0.3) is 11.3 Å². The molecule has 0 atom stereocenters. The largest absolute Gasteiger partial charge is 0.432 e. The molecule has 122 valence electrons. The Bertz CT molecular complexity index is 829. The third-order valence-corrected chi connectivity index (χ3v) is 3.69. The Kier molecular flexibility index (Phi) is 4.91. The summed E-state index contributed by atoms with van der Waals surface area (Å²) < 4.78 is 18.3. The maximum absolute atomic E-state index is 12.9. The van der Waals surface area contributed by atoms with E-state index in [-0.39, 0.29) is 11.7 Å². The number of halogens is 2. The Labute approximate surface area is 143 Å². The van der Waals surface area contributed by atoms with E-state index < -0.39 is 5.91 Å². The molecule has 1 aromatic heterocycles. The number of nitrogens with zero attached hydrogens (tertiary/aromatic N) is 1. The van der Waals surface area contributed by atoms with Gasteiger partial charge in [0.05, 0.1) is 6.20 Å². The molecule has 6 heteroatoms. The van der Waals surface area contributed by atoms with Crippen LogP contribution in [0.5, 0.6) is 0 Å². The molecule has 0 unspecified atom stereocenters. The van der Waals surface area contributed by atoms with E-state index in [2.05, 4.69) is 10.3 Å².